The van der Waals surface area contributed by atoms with Crippen LogP contribution in [0.3, 0.4) is 0 Å². The van der Waals surface area contributed by atoms with Crippen LogP contribution in [-0.4, -0.2) is 15.8 Å². The van der Waals surface area contributed by atoms with Crippen molar-refractivity contribution in [2.75, 3.05) is 0 Å². The standard InChI is InChI=1S/C18H14BrF2N2O3PS/c1-2-12(13-5-3-4-8-22-13)23-17(24)10-6-7-14-11(9-10)15(19)16(28-14)18(20,21)27(25)26/h3-9,12H,2H2,1H3,(H-,23,24,25,26)/p+1. The summed E-state index contributed by atoms with van der Waals surface area (Å²) in [5.41, 5.74) is -2.85. The van der Waals surface area contributed by atoms with Gasteiger partial charge in [-0.15, -0.1) is 20.1 Å². The average molecular weight is 488 g/mol. The SMILES string of the molecule is CCC(NC(=O)c1ccc2sc(C(F)(F)[P+](=O)O)c(Br)c2c1)c1ccccn1. The van der Waals surface area contributed by atoms with Gasteiger partial charge >= 0.3 is 13.7 Å². The van der Waals surface area contributed by atoms with E-state index in [1.54, 1.807) is 18.3 Å². The lowest BCUT2D eigenvalue weighted by atomic mass is 10.1. The third kappa shape index (κ3) is 3.98. The van der Waals surface area contributed by atoms with Crippen LogP contribution in [0.5, 0.6) is 0 Å². The lowest BCUT2D eigenvalue weighted by molar-refractivity contribution is 0.0849. The molecule has 10 heteroatoms. The van der Waals surface area contributed by atoms with Crippen LogP contribution in [-0.2, 0) is 10.2 Å². The Kier molecular flexibility index (Phi) is 6.19. The Morgan fingerprint density at radius 2 is 2.14 bits per heavy atom. The normalized spacial score (nSPS) is 13.4. The van der Waals surface area contributed by atoms with Crippen molar-refractivity contribution in [1.29, 1.82) is 0 Å². The minimum absolute atomic E-state index is 0.0151. The van der Waals surface area contributed by atoms with E-state index in [9.17, 15) is 18.1 Å². The smallest absolute Gasteiger partial charge is 0.344 e. The van der Waals surface area contributed by atoms with Crippen molar-refractivity contribution >= 4 is 51.3 Å². The number of pyridine rings is 1. The number of halogens is 3. The van der Waals surface area contributed by atoms with Gasteiger partial charge in [0.15, 0.2) is 0 Å². The van der Waals surface area contributed by atoms with E-state index < -0.39 is 18.6 Å². The molecule has 146 valence electrons. The van der Waals surface area contributed by atoms with E-state index in [1.165, 1.54) is 12.1 Å². The van der Waals surface area contributed by atoms with Crippen molar-refractivity contribution < 1.29 is 23.0 Å². The monoisotopic (exact) mass is 487 g/mol. The quantitative estimate of drug-likeness (QED) is 0.435. The highest BCUT2D eigenvalue weighted by atomic mass is 79.9. The van der Waals surface area contributed by atoms with Gasteiger partial charge in [-0.1, -0.05) is 13.0 Å². The molecule has 28 heavy (non-hydrogen) atoms. The number of hydrogen-bond acceptors (Lipinski definition) is 4. The van der Waals surface area contributed by atoms with Gasteiger partial charge in [-0.05, 0) is 57.2 Å². The maximum Gasteiger partial charge on any atom is 0.590 e. The molecular weight excluding hydrogens is 473 g/mol. The molecule has 0 spiro atoms. The minimum atomic E-state index is -3.87. The first kappa shape index (κ1) is 20.9. The summed E-state index contributed by atoms with van der Waals surface area (Å²) < 4.78 is 39.5. The number of amides is 1. The van der Waals surface area contributed by atoms with Crippen LogP contribution in [0.25, 0.3) is 10.1 Å². The third-order valence-electron chi connectivity index (χ3n) is 4.16. The predicted molar refractivity (Wildman–Crippen MR) is 108 cm³/mol. The number of alkyl halides is 2. The molecule has 0 aliphatic carbocycles. The molecule has 0 radical (unpaired) electrons. The van der Waals surface area contributed by atoms with Gasteiger partial charge in [0.05, 0.1) is 16.2 Å². The summed E-state index contributed by atoms with van der Waals surface area (Å²) in [4.78, 5) is 25.3. The van der Waals surface area contributed by atoms with Crippen molar-refractivity contribution in [3.63, 3.8) is 0 Å². The zero-order valence-electron chi connectivity index (χ0n) is 14.5. The molecule has 0 aliphatic heterocycles. The van der Waals surface area contributed by atoms with Crippen molar-refractivity contribution in [1.82, 2.24) is 10.3 Å². The largest absolute Gasteiger partial charge is 0.590 e. The number of nitrogens with zero attached hydrogens (tertiary/aromatic N) is 1. The second kappa shape index (κ2) is 8.29. The first-order chi connectivity index (χ1) is 13.3. The minimum Gasteiger partial charge on any atom is -0.344 e. The van der Waals surface area contributed by atoms with E-state index in [1.807, 2.05) is 19.1 Å². The first-order valence-corrected chi connectivity index (χ1v) is 11.1. The number of benzene rings is 1. The molecule has 1 aromatic carbocycles. The Bertz CT molecular complexity index is 1050. The first-order valence-electron chi connectivity index (χ1n) is 8.24. The predicted octanol–water partition coefficient (Wildman–Crippen LogP) is 5.72. The fourth-order valence-corrected chi connectivity index (χ4v) is 5.41. The molecule has 2 atom stereocenters. The van der Waals surface area contributed by atoms with Crippen molar-refractivity contribution in [3.8, 4) is 0 Å². The Morgan fingerprint density at radius 3 is 2.75 bits per heavy atom. The van der Waals surface area contributed by atoms with Crippen LogP contribution < -0.4 is 5.32 Å². The van der Waals surface area contributed by atoms with Gasteiger partial charge in [0.2, 0.25) is 0 Å². The van der Waals surface area contributed by atoms with Gasteiger partial charge in [-0.3, -0.25) is 9.78 Å². The number of carbonyl (C=O) groups is 1. The highest BCUT2D eigenvalue weighted by molar-refractivity contribution is 9.10. The van der Waals surface area contributed by atoms with Crippen LogP contribution >= 0.6 is 35.3 Å². The molecule has 0 saturated carbocycles. The fourth-order valence-electron chi connectivity index (χ4n) is 2.70. The molecule has 0 fully saturated rings. The number of thiophene rings is 1. The van der Waals surface area contributed by atoms with E-state index in [-0.39, 0.29) is 16.4 Å². The molecule has 2 unspecified atom stereocenters. The molecule has 2 heterocycles. The number of rotatable bonds is 6. The van der Waals surface area contributed by atoms with Crippen LogP contribution in [0.15, 0.2) is 47.1 Å². The van der Waals surface area contributed by atoms with Gasteiger partial charge < -0.3 is 5.32 Å². The molecule has 3 rings (SSSR count). The van der Waals surface area contributed by atoms with Crippen LogP contribution in [0.1, 0.15) is 40.3 Å². The Hall–Kier alpha value is -1.80. The highest BCUT2D eigenvalue weighted by Crippen LogP contribution is 2.54. The van der Waals surface area contributed by atoms with Crippen LogP contribution in [0.2, 0.25) is 0 Å². The maximum absolute atomic E-state index is 14.0. The Morgan fingerprint density at radius 1 is 1.39 bits per heavy atom. The van der Waals surface area contributed by atoms with Crippen molar-refractivity contribution in [2.24, 2.45) is 0 Å². The summed E-state index contributed by atoms with van der Waals surface area (Å²) in [5.74, 6) is -0.362. The lowest BCUT2D eigenvalue weighted by Crippen LogP contribution is -2.28. The number of aromatic nitrogens is 1. The molecular formula is C18H15BrF2N2O3PS+. The third-order valence-corrected chi connectivity index (χ3v) is 7.34. The van der Waals surface area contributed by atoms with Gasteiger partial charge in [0, 0.05) is 21.8 Å². The van der Waals surface area contributed by atoms with Gasteiger partial charge in [0.25, 0.3) is 5.91 Å². The van der Waals surface area contributed by atoms with Gasteiger partial charge in [0.1, 0.15) is 4.88 Å². The lowest BCUT2D eigenvalue weighted by Gasteiger charge is -2.16. The zero-order chi connectivity index (χ0) is 20.5. The molecule has 0 saturated heterocycles. The Labute approximate surface area is 172 Å². The number of fused-ring (bicyclic) bond motifs is 1. The van der Waals surface area contributed by atoms with E-state index >= 15 is 0 Å². The molecule has 3 aromatic rings. The highest BCUT2D eigenvalue weighted by Gasteiger charge is 2.56. The van der Waals surface area contributed by atoms with E-state index in [4.69, 9.17) is 4.89 Å². The summed E-state index contributed by atoms with van der Waals surface area (Å²) in [6.45, 7) is 1.92. The molecule has 1 amide bonds. The van der Waals surface area contributed by atoms with Gasteiger partial charge in [-0.25, -0.2) is 0 Å². The summed E-state index contributed by atoms with van der Waals surface area (Å²) in [7, 11) is -3.72. The molecule has 5 nitrogen and oxygen atoms in total. The van der Waals surface area contributed by atoms with E-state index in [2.05, 4.69) is 26.2 Å². The van der Waals surface area contributed by atoms with E-state index in [0.717, 1.165) is 5.69 Å². The van der Waals surface area contributed by atoms with Crippen molar-refractivity contribution in [3.05, 3.63) is 63.2 Å². The number of carbonyl (C=O) groups excluding carboxylic acids is 1. The van der Waals surface area contributed by atoms with Gasteiger partial charge in [-0.2, -0.15) is 4.89 Å². The average Bonchev–Trinajstić information content (AvgIpc) is 3.03. The molecule has 0 aliphatic rings. The van der Waals surface area contributed by atoms with Crippen LogP contribution in [0, 0.1) is 0 Å². The zero-order valence-corrected chi connectivity index (χ0v) is 17.8. The van der Waals surface area contributed by atoms with Crippen molar-refractivity contribution in [2.45, 2.75) is 25.1 Å². The summed E-state index contributed by atoms with van der Waals surface area (Å²) >= 11 is 3.80. The summed E-state index contributed by atoms with van der Waals surface area (Å²) in [6, 6.07) is 9.72. The summed E-state index contributed by atoms with van der Waals surface area (Å²) in [5, 5.41) is 3.27. The number of hydrogen-bond donors (Lipinski definition) is 2. The number of nitrogens with one attached hydrogen (secondary N) is 1. The van der Waals surface area contributed by atoms with E-state index in [0.29, 0.717) is 33.4 Å². The molecule has 2 N–H and O–H groups in total. The second-order valence-electron chi connectivity index (χ2n) is 5.96. The molecule has 0 bridgehead atoms. The molecule has 2 aromatic heterocycles. The maximum atomic E-state index is 14.0. The second-order valence-corrected chi connectivity index (χ2v) is 8.91. The fraction of sp³-hybridized carbons (Fsp3) is 0.222. The summed E-state index contributed by atoms with van der Waals surface area (Å²) in [6.07, 6.45) is 2.28. The topological polar surface area (TPSA) is 79.3 Å². The van der Waals surface area contributed by atoms with Crippen LogP contribution in [0.4, 0.5) is 8.78 Å². The Balaban J connectivity index is 1.92.